The van der Waals surface area contributed by atoms with Crippen molar-refractivity contribution < 1.29 is 13.9 Å². The van der Waals surface area contributed by atoms with Crippen LogP contribution in [0.1, 0.15) is 9.67 Å². The Morgan fingerprint density at radius 2 is 1.91 bits per heavy atom. The van der Waals surface area contributed by atoms with Crippen molar-refractivity contribution in [3.63, 3.8) is 0 Å². The number of ether oxygens (including phenoxy) is 1. The summed E-state index contributed by atoms with van der Waals surface area (Å²) in [7, 11) is 1.60. The SMILES string of the molecule is COc1ccc2sc(C(=O)NNc3ccc(F)cc3)cc2c1. The molecule has 22 heavy (non-hydrogen) atoms. The molecule has 4 nitrogen and oxygen atoms in total. The lowest BCUT2D eigenvalue weighted by molar-refractivity contribution is 0.0966. The number of fused-ring (bicyclic) bond motifs is 1. The van der Waals surface area contributed by atoms with E-state index in [-0.39, 0.29) is 11.7 Å². The van der Waals surface area contributed by atoms with E-state index in [1.54, 1.807) is 19.2 Å². The highest BCUT2D eigenvalue weighted by Gasteiger charge is 2.10. The third-order valence-electron chi connectivity index (χ3n) is 3.11. The summed E-state index contributed by atoms with van der Waals surface area (Å²) in [5, 5.41) is 0.955. The predicted molar refractivity (Wildman–Crippen MR) is 85.9 cm³/mol. The van der Waals surface area contributed by atoms with E-state index in [2.05, 4.69) is 10.9 Å². The maximum Gasteiger partial charge on any atom is 0.279 e. The maximum absolute atomic E-state index is 12.8. The average molecular weight is 316 g/mol. The molecule has 2 aromatic carbocycles. The highest BCUT2D eigenvalue weighted by atomic mass is 32.1. The largest absolute Gasteiger partial charge is 0.497 e. The van der Waals surface area contributed by atoms with Crippen LogP contribution in [0.5, 0.6) is 5.75 Å². The minimum absolute atomic E-state index is 0.246. The molecule has 112 valence electrons. The molecule has 0 bridgehead atoms. The van der Waals surface area contributed by atoms with Gasteiger partial charge in [0.25, 0.3) is 5.91 Å². The third-order valence-corrected chi connectivity index (χ3v) is 4.23. The lowest BCUT2D eigenvalue weighted by Gasteiger charge is -2.06. The van der Waals surface area contributed by atoms with Gasteiger partial charge < -0.3 is 4.74 Å². The quantitative estimate of drug-likeness (QED) is 0.720. The van der Waals surface area contributed by atoms with Crippen molar-refractivity contribution in [2.24, 2.45) is 0 Å². The van der Waals surface area contributed by atoms with Crippen molar-refractivity contribution in [2.45, 2.75) is 0 Å². The summed E-state index contributed by atoms with van der Waals surface area (Å²) < 4.78 is 19.0. The van der Waals surface area contributed by atoms with E-state index in [0.29, 0.717) is 10.6 Å². The molecule has 0 aliphatic carbocycles. The van der Waals surface area contributed by atoms with Gasteiger partial charge in [0.05, 0.1) is 17.7 Å². The van der Waals surface area contributed by atoms with Gasteiger partial charge in [-0.2, -0.15) is 0 Å². The number of benzene rings is 2. The number of halogens is 1. The molecule has 1 heterocycles. The molecule has 0 saturated carbocycles. The number of amides is 1. The molecule has 0 aliphatic heterocycles. The number of hydrogen-bond acceptors (Lipinski definition) is 4. The van der Waals surface area contributed by atoms with Crippen LogP contribution in [0.3, 0.4) is 0 Å². The van der Waals surface area contributed by atoms with E-state index in [0.717, 1.165) is 15.8 Å². The van der Waals surface area contributed by atoms with Gasteiger partial charge in [-0.3, -0.25) is 15.6 Å². The van der Waals surface area contributed by atoms with E-state index >= 15 is 0 Å². The van der Waals surface area contributed by atoms with Crippen molar-refractivity contribution in [3.8, 4) is 5.75 Å². The van der Waals surface area contributed by atoms with E-state index in [4.69, 9.17) is 4.74 Å². The first-order valence-corrected chi connectivity index (χ1v) is 7.37. The fourth-order valence-electron chi connectivity index (χ4n) is 1.98. The number of thiophene rings is 1. The second-order valence-corrected chi connectivity index (χ2v) is 5.68. The van der Waals surface area contributed by atoms with Gasteiger partial charge in [0.2, 0.25) is 0 Å². The lowest BCUT2D eigenvalue weighted by atomic mass is 10.2. The van der Waals surface area contributed by atoms with Crippen LogP contribution in [0.25, 0.3) is 10.1 Å². The molecular formula is C16H13FN2O2S. The minimum Gasteiger partial charge on any atom is -0.497 e. The first-order valence-electron chi connectivity index (χ1n) is 6.55. The third kappa shape index (κ3) is 3.01. The molecule has 0 radical (unpaired) electrons. The van der Waals surface area contributed by atoms with Gasteiger partial charge in [-0.15, -0.1) is 11.3 Å². The van der Waals surface area contributed by atoms with Gasteiger partial charge >= 0.3 is 0 Å². The highest BCUT2D eigenvalue weighted by Crippen LogP contribution is 2.28. The standard InChI is InChI=1S/C16H13FN2O2S/c1-21-13-6-7-14-10(8-13)9-15(22-14)16(20)19-18-12-4-2-11(17)3-5-12/h2-9,18H,1H3,(H,19,20). The maximum atomic E-state index is 12.8. The molecule has 1 amide bonds. The van der Waals surface area contributed by atoms with Crippen molar-refractivity contribution in [1.29, 1.82) is 0 Å². The molecule has 0 aliphatic rings. The fraction of sp³-hybridized carbons (Fsp3) is 0.0625. The first kappa shape index (κ1) is 14.3. The normalized spacial score (nSPS) is 10.5. The molecule has 6 heteroatoms. The Hall–Kier alpha value is -2.60. The zero-order valence-electron chi connectivity index (χ0n) is 11.7. The summed E-state index contributed by atoms with van der Waals surface area (Å²) in [4.78, 5) is 12.7. The fourth-order valence-corrected chi connectivity index (χ4v) is 2.92. The van der Waals surface area contributed by atoms with Gasteiger partial charge in [-0.05, 0) is 53.9 Å². The molecule has 2 N–H and O–H groups in total. The number of anilines is 1. The van der Waals surface area contributed by atoms with Crippen LogP contribution in [0.4, 0.5) is 10.1 Å². The summed E-state index contributed by atoms with van der Waals surface area (Å²) in [6.07, 6.45) is 0. The minimum atomic E-state index is -0.324. The predicted octanol–water partition coefficient (Wildman–Crippen LogP) is 3.81. The summed E-state index contributed by atoms with van der Waals surface area (Å²) in [6.45, 7) is 0. The monoisotopic (exact) mass is 316 g/mol. The van der Waals surface area contributed by atoms with Crippen molar-refractivity contribution in [1.82, 2.24) is 5.43 Å². The van der Waals surface area contributed by atoms with Gasteiger partial charge in [0.1, 0.15) is 11.6 Å². The molecule has 0 saturated heterocycles. The van der Waals surface area contributed by atoms with E-state index in [9.17, 15) is 9.18 Å². The number of nitrogens with one attached hydrogen (secondary N) is 2. The summed E-state index contributed by atoms with van der Waals surface area (Å²) in [5.74, 6) is 0.182. The molecule has 3 rings (SSSR count). The van der Waals surface area contributed by atoms with Gasteiger partial charge in [-0.1, -0.05) is 0 Å². The van der Waals surface area contributed by atoms with Crippen molar-refractivity contribution in [3.05, 3.63) is 59.2 Å². The Labute approximate surface area is 130 Å². The Kier molecular flexibility index (Phi) is 3.93. The number of hydrazine groups is 1. The summed E-state index contributed by atoms with van der Waals surface area (Å²) >= 11 is 1.39. The second-order valence-electron chi connectivity index (χ2n) is 4.60. The van der Waals surface area contributed by atoms with Crippen LogP contribution in [0.15, 0.2) is 48.5 Å². The van der Waals surface area contributed by atoms with E-state index in [1.807, 2.05) is 24.3 Å². The molecule has 0 fully saturated rings. The number of carbonyl (C=O) groups excluding carboxylic acids is 1. The average Bonchev–Trinajstić information content (AvgIpc) is 2.97. The van der Waals surface area contributed by atoms with Crippen LogP contribution < -0.4 is 15.6 Å². The second kappa shape index (κ2) is 6.03. The van der Waals surface area contributed by atoms with Crippen LogP contribution >= 0.6 is 11.3 Å². The van der Waals surface area contributed by atoms with Gasteiger partial charge in [-0.25, -0.2) is 4.39 Å². The molecule has 0 spiro atoms. The van der Waals surface area contributed by atoms with Crippen molar-refractivity contribution >= 4 is 33.0 Å². The summed E-state index contributed by atoms with van der Waals surface area (Å²) in [5.41, 5.74) is 5.95. The lowest BCUT2D eigenvalue weighted by Crippen LogP contribution is -2.28. The van der Waals surface area contributed by atoms with Crippen LogP contribution in [0, 0.1) is 5.82 Å². The molecule has 1 aromatic heterocycles. The Balaban J connectivity index is 1.73. The molecule has 3 aromatic rings. The van der Waals surface area contributed by atoms with Crippen LogP contribution in [-0.2, 0) is 0 Å². The topological polar surface area (TPSA) is 50.4 Å². The van der Waals surface area contributed by atoms with E-state index in [1.165, 1.54) is 23.5 Å². The number of rotatable bonds is 4. The highest BCUT2D eigenvalue weighted by molar-refractivity contribution is 7.20. The smallest absolute Gasteiger partial charge is 0.279 e. The number of carbonyl (C=O) groups is 1. The zero-order chi connectivity index (χ0) is 15.5. The van der Waals surface area contributed by atoms with Crippen molar-refractivity contribution in [2.75, 3.05) is 12.5 Å². The Bertz CT molecular complexity index is 815. The van der Waals surface area contributed by atoms with Crippen LogP contribution in [0.2, 0.25) is 0 Å². The molecular weight excluding hydrogens is 303 g/mol. The van der Waals surface area contributed by atoms with E-state index < -0.39 is 0 Å². The van der Waals surface area contributed by atoms with Crippen LogP contribution in [-0.4, -0.2) is 13.0 Å². The number of methoxy groups -OCH3 is 1. The first-order chi connectivity index (χ1) is 10.7. The number of hydrogen-bond donors (Lipinski definition) is 2. The zero-order valence-corrected chi connectivity index (χ0v) is 12.5. The van der Waals surface area contributed by atoms with Gasteiger partial charge in [0, 0.05) is 4.70 Å². The molecule has 0 atom stereocenters. The summed E-state index contributed by atoms with van der Waals surface area (Å²) in [6, 6.07) is 13.2. The Morgan fingerprint density at radius 3 is 2.64 bits per heavy atom. The molecule has 0 unspecified atom stereocenters. The Morgan fingerprint density at radius 1 is 1.14 bits per heavy atom. The van der Waals surface area contributed by atoms with Gasteiger partial charge in [0.15, 0.2) is 0 Å².